The van der Waals surface area contributed by atoms with Crippen LogP contribution in [0.5, 0.6) is 0 Å². The summed E-state index contributed by atoms with van der Waals surface area (Å²) in [6.45, 7) is 2.45. The Balaban J connectivity index is 2.30. The maximum atomic E-state index is 14.1. The highest BCUT2D eigenvalue weighted by molar-refractivity contribution is 5.55. The van der Waals surface area contributed by atoms with E-state index in [1.54, 1.807) is 16.9 Å². The van der Waals surface area contributed by atoms with E-state index >= 15 is 0 Å². The highest BCUT2D eigenvalue weighted by Gasteiger charge is 2.16. The van der Waals surface area contributed by atoms with Gasteiger partial charge in [-0.1, -0.05) is 12.1 Å². The zero-order valence-electron chi connectivity index (χ0n) is 11.5. The van der Waals surface area contributed by atoms with E-state index < -0.39 is 0 Å². The molecule has 0 radical (unpaired) electrons. The van der Waals surface area contributed by atoms with E-state index in [1.807, 2.05) is 38.2 Å². The molecule has 1 aromatic heterocycles. The topological polar surface area (TPSA) is 47.1 Å². The molecule has 2 N–H and O–H groups in total. The quantitative estimate of drug-likeness (QED) is 0.919. The second-order valence-electron chi connectivity index (χ2n) is 4.84. The third-order valence-corrected chi connectivity index (χ3v) is 3.07. The maximum absolute atomic E-state index is 14.1. The second kappa shape index (κ2) is 5.40. The van der Waals surface area contributed by atoms with E-state index in [4.69, 9.17) is 5.73 Å². The van der Waals surface area contributed by atoms with Gasteiger partial charge in [-0.2, -0.15) is 5.10 Å². The van der Waals surface area contributed by atoms with Crippen LogP contribution in [0.15, 0.2) is 30.6 Å². The standard InChI is InChI=1S/C14H19FN4/c1-10(16)12-5-4-6-13(15)14(12)18(2)8-11-7-17-19(3)9-11/h4-7,9-10H,8,16H2,1-3H3/t10-/m1/s1. The molecule has 102 valence electrons. The average Bonchev–Trinajstić information content (AvgIpc) is 2.74. The highest BCUT2D eigenvalue weighted by atomic mass is 19.1. The van der Waals surface area contributed by atoms with Gasteiger partial charge >= 0.3 is 0 Å². The fourth-order valence-electron chi connectivity index (χ4n) is 2.21. The summed E-state index contributed by atoms with van der Waals surface area (Å²) in [5.74, 6) is -0.249. The van der Waals surface area contributed by atoms with Crippen molar-refractivity contribution < 1.29 is 4.39 Å². The summed E-state index contributed by atoms with van der Waals surface area (Å²) in [6.07, 6.45) is 3.70. The van der Waals surface area contributed by atoms with Crippen LogP contribution >= 0.6 is 0 Å². The summed E-state index contributed by atoms with van der Waals surface area (Å²) in [6, 6.07) is 4.81. The Hall–Kier alpha value is -1.88. The summed E-state index contributed by atoms with van der Waals surface area (Å²) in [7, 11) is 3.72. The van der Waals surface area contributed by atoms with Crippen molar-refractivity contribution in [3.05, 3.63) is 47.5 Å². The van der Waals surface area contributed by atoms with Gasteiger partial charge in [-0.3, -0.25) is 4.68 Å². The number of para-hydroxylation sites is 1. The zero-order chi connectivity index (χ0) is 14.0. The van der Waals surface area contributed by atoms with Crippen molar-refractivity contribution in [2.45, 2.75) is 19.5 Å². The molecule has 0 bridgehead atoms. The SMILES string of the molecule is C[C@@H](N)c1cccc(F)c1N(C)Cc1cnn(C)c1. The van der Waals surface area contributed by atoms with Crippen LogP contribution in [0.1, 0.15) is 24.1 Å². The number of hydrogen-bond donors (Lipinski definition) is 1. The molecule has 4 nitrogen and oxygen atoms in total. The van der Waals surface area contributed by atoms with Crippen LogP contribution in [0.2, 0.25) is 0 Å². The van der Waals surface area contributed by atoms with E-state index in [2.05, 4.69) is 5.10 Å². The summed E-state index contributed by atoms with van der Waals surface area (Å²) in [5, 5.41) is 4.11. The Labute approximate surface area is 112 Å². The average molecular weight is 262 g/mol. The van der Waals surface area contributed by atoms with E-state index in [0.29, 0.717) is 12.2 Å². The van der Waals surface area contributed by atoms with Crippen molar-refractivity contribution in [3.63, 3.8) is 0 Å². The minimum atomic E-state index is -0.249. The molecule has 2 rings (SSSR count). The number of hydrogen-bond acceptors (Lipinski definition) is 3. The Kier molecular flexibility index (Phi) is 3.85. The smallest absolute Gasteiger partial charge is 0.146 e. The number of aromatic nitrogens is 2. The molecule has 19 heavy (non-hydrogen) atoms. The van der Waals surface area contributed by atoms with Crippen molar-refractivity contribution >= 4 is 5.69 Å². The number of nitrogens with zero attached hydrogens (tertiary/aromatic N) is 3. The summed E-state index contributed by atoms with van der Waals surface area (Å²) >= 11 is 0. The van der Waals surface area contributed by atoms with Gasteiger partial charge in [-0.25, -0.2) is 4.39 Å². The Morgan fingerprint density at radius 2 is 2.21 bits per heavy atom. The number of aryl methyl sites for hydroxylation is 1. The van der Waals surface area contributed by atoms with Crippen LogP contribution in [0.25, 0.3) is 0 Å². The summed E-state index contributed by atoms with van der Waals surface area (Å²) < 4.78 is 15.8. The predicted molar refractivity (Wildman–Crippen MR) is 74.3 cm³/mol. The van der Waals surface area contributed by atoms with Crippen LogP contribution in [0.3, 0.4) is 0 Å². The van der Waals surface area contributed by atoms with E-state index in [9.17, 15) is 4.39 Å². The van der Waals surface area contributed by atoms with Crippen LogP contribution in [-0.2, 0) is 13.6 Å². The van der Waals surface area contributed by atoms with Crippen molar-refractivity contribution in [2.75, 3.05) is 11.9 Å². The number of anilines is 1. The molecular weight excluding hydrogens is 243 g/mol. The normalized spacial score (nSPS) is 12.5. The van der Waals surface area contributed by atoms with Crippen LogP contribution < -0.4 is 10.6 Å². The van der Waals surface area contributed by atoms with Gasteiger partial charge in [-0.15, -0.1) is 0 Å². The maximum Gasteiger partial charge on any atom is 0.146 e. The highest BCUT2D eigenvalue weighted by Crippen LogP contribution is 2.28. The number of nitrogens with two attached hydrogens (primary N) is 1. The van der Waals surface area contributed by atoms with Crippen molar-refractivity contribution in [1.82, 2.24) is 9.78 Å². The molecule has 0 aliphatic rings. The summed E-state index contributed by atoms with van der Waals surface area (Å²) in [4.78, 5) is 1.87. The molecule has 0 amide bonds. The number of rotatable bonds is 4. The van der Waals surface area contributed by atoms with E-state index in [0.717, 1.165) is 11.1 Å². The van der Waals surface area contributed by atoms with Crippen molar-refractivity contribution in [2.24, 2.45) is 12.8 Å². The van der Waals surface area contributed by atoms with E-state index in [1.165, 1.54) is 6.07 Å². The first-order chi connectivity index (χ1) is 8.99. The molecule has 5 heteroatoms. The van der Waals surface area contributed by atoms with Gasteiger partial charge in [0.25, 0.3) is 0 Å². The molecule has 0 spiro atoms. The number of halogens is 1. The lowest BCUT2D eigenvalue weighted by Crippen LogP contribution is -2.21. The van der Waals surface area contributed by atoms with Crippen LogP contribution in [0, 0.1) is 5.82 Å². The molecule has 1 heterocycles. The Bertz CT molecular complexity index is 562. The van der Waals surface area contributed by atoms with Gasteiger partial charge in [0.15, 0.2) is 0 Å². The molecule has 1 aromatic carbocycles. The molecule has 0 aliphatic carbocycles. The molecular formula is C14H19FN4. The molecule has 0 saturated heterocycles. The van der Waals surface area contributed by atoms with Crippen molar-refractivity contribution in [1.29, 1.82) is 0 Å². The van der Waals surface area contributed by atoms with Gasteiger partial charge in [0, 0.05) is 38.4 Å². The molecule has 2 aromatic rings. The largest absolute Gasteiger partial charge is 0.368 e. The van der Waals surface area contributed by atoms with Gasteiger partial charge in [0.2, 0.25) is 0 Å². The third kappa shape index (κ3) is 2.93. The molecule has 0 unspecified atom stereocenters. The van der Waals surface area contributed by atoms with Crippen molar-refractivity contribution in [3.8, 4) is 0 Å². The Morgan fingerprint density at radius 1 is 1.47 bits per heavy atom. The van der Waals surface area contributed by atoms with Gasteiger partial charge in [-0.05, 0) is 18.6 Å². The molecule has 0 aliphatic heterocycles. The third-order valence-electron chi connectivity index (χ3n) is 3.07. The Morgan fingerprint density at radius 3 is 2.79 bits per heavy atom. The lowest BCUT2D eigenvalue weighted by molar-refractivity contribution is 0.616. The minimum Gasteiger partial charge on any atom is -0.368 e. The lowest BCUT2D eigenvalue weighted by Gasteiger charge is -2.24. The van der Waals surface area contributed by atoms with Crippen LogP contribution in [0.4, 0.5) is 10.1 Å². The molecule has 0 saturated carbocycles. The summed E-state index contributed by atoms with van der Waals surface area (Å²) in [5.41, 5.74) is 8.31. The van der Waals surface area contributed by atoms with Gasteiger partial charge < -0.3 is 10.6 Å². The fraction of sp³-hybridized carbons (Fsp3) is 0.357. The zero-order valence-corrected chi connectivity index (χ0v) is 11.5. The second-order valence-corrected chi connectivity index (χ2v) is 4.84. The van der Waals surface area contributed by atoms with E-state index in [-0.39, 0.29) is 11.9 Å². The monoisotopic (exact) mass is 262 g/mol. The van der Waals surface area contributed by atoms with Gasteiger partial charge in [0.05, 0.1) is 11.9 Å². The van der Waals surface area contributed by atoms with Gasteiger partial charge in [0.1, 0.15) is 5.82 Å². The predicted octanol–water partition coefficient (Wildman–Crippen LogP) is 2.22. The van der Waals surface area contributed by atoms with Crippen LogP contribution in [-0.4, -0.2) is 16.8 Å². The molecule has 0 fully saturated rings. The number of benzene rings is 1. The first-order valence-electron chi connectivity index (χ1n) is 6.21. The first-order valence-corrected chi connectivity index (χ1v) is 6.21. The lowest BCUT2D eigenvalue weighted by atomic mass is 10.1. The fourth-order valence-corrected chi connectivity index (χ4v) is 2.21. The first kappa shape index (κ1) is 13.5. The molecule has 1 atom stereocenters. The minimum absolute atomic E-state index is 0.206.